The summed E-state index contributed by atoms with van der Waals surface area (Å²) >= 11 is 0. The number of H-pyrrole nitrogens is 1. The highest BCUT2D eigenvalue weighted by molar-refractivity contribution is 5.98. The molecule has 35 nitrogen and oxygen atoms in total. The van der Waals surface area contributed by atoms with E-state index in [1.165, 1.54) is 49.4 Å². The van der Waals surface area contributed by atoms with Gasteiger partial charge in [0.15, 0.2) is 11.2 Å². The Morgan fingerprint density at radius 3 is 1.52 bits per heavy atom. The number of rotatable bonds is 63. The number of ether oxygens (including phenoxy) is 17. The highest BCUT2D eigenvalue weighted by Crippen LogP contribution is 2.43. The van der Waals surface area contributed by atoms with E-state index < -0.39 is 47.2 Å². The van der Waals surface area contributed by atoms with Gasteiger partial charge in [-0.3, -0.25) is 48.7 Å². The van der Waals surface area contributed by atoms with Gasteiger partial charge in [-0.1, -0.05) is 75.4 Å². The zero-order valence-electron chi connectivity index (χ0n) is 69.8. The highest BCUT2D eigenvalue weighted by Gasteiger charge is 2.43. The number of amides is 5. The molecule has 658 valence electrons. The number of ketones is 1. The zero-order chi connectivity index (χ0) is 86.0. The van der Waals surface area contributed by atoms with E-state index in [2.05, 4.69) is 35.9 Å². The second-order valence-corrected chi connectivity index (χ2v) is 27.5. The van der Waals surface area contributed by atoms with Crippen LogP contribution in [-0.4, -0.2) is 290 Å². The maximum atomic E-state index is 14.1. The predicted octanol–water partition coefficient (Wildman–Crippen LogP) is 5.92. The number of carbonyl (C=O) groups is 8. The van der Waals surface area contributed by atoms with E-state index in [9.17, 15) is 43.2 Å². The fraction of sp³-hybridized carbons (Fsp3) is 0.553. The first-order valence-corrected chi connectivity index (χ1v) is 40.4. The van der Waals surface area contributed by atoms with Crippen LogP contribution in [0, 0.1) is 5.92 Å². The van der Waals surface area contributed by atoms with Crippen molar-refractivity contribution in [3.8, 4) is 11.5 Å². The Morgan fingerprint density at radius 2 is 1.06 bits per heavy atom. The molecule has 0 aliphatic carbocycles. The Kier molecular flexibility index (Phi) is 45.3. The van der Waals surface area contributed by atoms with Gasteiger partial charge in [0.1, 0.15) is 35.0 Å². The molecule has 1 aliphatic rings. The van der Waals surface area contributed by atoms with Gasteiger partial charge in [0, 0.05) is 56.3 Å². The number of nitrogens with zero attached hydrogens (tertiary/aromatic N) is 5. The van der Waals surface area contributed by atoms with Crippen molar-refractivity contribution in [2.45, 2.75) is 103 Å². The van der Waals surface area contributed by atoms with Crippen molar-refractivity contribution >= 4 is 70.1 Å². The molecule has 0 radical (unpaired) electrons. The normalized spacial score (nSPS) is 13.6. The lowest BCUT2D eigenvalue weighted by Gasteiger charge is -2.38. The molecule has 120 heavy (non-hydrogen) atoms. The quantitative estimate of drug-likeness (QED) is 0.0196. The number of hydrogen-bond donors (Lipinski definition) is 4. The van der Waals surface area contributed by atoms with Crippen LogP contribution >= 0.6 is 0 Å². The highest BCUT2D eigenvalue weighted by atomic mass is 16.6. The van der Waals surface area contributed by atoms with E-state index in [1.54, 1.807) is 39.9 Å². The van der Waals surface area contributed by atoms with Crippen LogP contribution in [0.2, 0.25) is 0 Å². The van der Waals surface area contributed by atoms with E-state index in [0.29, 0.717) is 169 Å². The molecule has 1 saturated heterocycles. The first kappa shape index (κ1) is 97.3. The second kappa shape index (κ2) is 55.9. The smallest absolute Gasteiger partial charge is 0.328 e. The van der Waals surface area contributed by atoms with Crippen LogP contribution in [0.4, 0.5) is 11.6 Å². The van der Waals surface area contributed by atoms with Crippen LogP contribution in [0.1, 0.15) is 105 Å². The van der Waals surface area contributed by atoms with Crippen LogP contribution in [0.5, 0.6) is 11.5 Å². The zero-order valence-corrected chi connectivity index (χ0v) is 69.8. The molecule has 5 amide bonds. The Balaban J connectivity index is 0.611. The number of anilines is 2. The molecule has 3 atom stereocenters. The molecule has 1 aliphatic heterocycles. The monoisotopic (exact) mass is 1680 g/mol. The predicted molar refractivity (Wildman–Crippen MR) is 437 cm³/mol. The molecule has 4 aromatic carbocycles. The number of nitrogens with one attached hydrogen (secondary N) is 4. The molecule has 35 heteroatoms. The number of likely N-dealkylation sites (tertiary alicyclic amines) is 1. The minimum absolute atomic E-state index is 0.00290. The number of hydrogen-bond acceptors (Lipinski definition) is 29. The first-order valence-electron chi connectivity index (χ1n) is 40.4. The van der Waals surface area contributed by atoms with E-state index in [-0.39, 0.29) is 142 Å². The molecule has 3 heterocycles. The van der Waals surface area contributed by atoms with Gasteiger partial charge in [0.25, 0.3) is 11.5 Å². The van der Waals surface area contributed by atoms with Crippen molar-refractivity contribution in [2.75, 3.05) is 210 Å². The molecule has 7 rings (SSSR count). The molecule has 4 N–H and O–H groups in total. The third kappa shape index (κ3) is 34.7. The Bertz CT molecular complexity index is 4040. The molecule has 0 unspecified atom stereocenters. The topological polar surface area (TPSA) is 408 Å². The Labute approximate surface area is 699 Å². The van der Waals surface area contributed by atoms with Gasteiger partial charge in [-0.15, -0.1) is 0 Å². The van der Waals surface area contributed by atoms with Crippen LogP contribution in [0.25, 0.3) is 11.2 Å². The number of methoxy groups -OCH3 is 3. The summed E-state index contributed by atoms with van der Waals surface area (Å²) in [5, 5.41) is 7.86. The Hall–Kier alpha value is -9.86. The third-order valence-electron chi connectivity index (χ3n) is 18.6. The minimum Gasteiger partial charge on any atom is -0.497 e. The molecular formula is C85H117N9O26. The van der Waals surface area contributed by atoms with E-state index in [4.69, 9.17) is 80.5 Å². The van der Waals surface area contributed by atoms with E-state index in [1.807, 2.05) is 78.9 Å². The van der Waals surface area contributed by atoms with Crippen molar-refractivity contribution in [3.63, 3.8) is 0 Å². The standard InChI is InChI=1S/C85H117N9O26/c1-8-70(96)22-29-77(99)120-73-56-69(60-119-85(64-12-10-9-11-13-64,65-16-23-71(104-5)24-17-65)66-18-25-72(105-6)26-19-66)94(59-73)76(98)30-32-107-34-36-109-38-40-111-42-44-113-46-48-115-50-52-117-54-55-118-53-51-116-49-47-114-45-43-112-41-39-110-37-35-108-33-31-86-75(97)28-27-74(83(103)106-7)89-81(101)63-14-20-68(21-15-63)93(62(4)95)58-67-57-87-79-78(88-67)82(102)92-84(90-79)91-80(100)61(2)3/h9-21,23-26,57,61,69,73-74H,8,22,27-56,58-60H2,1-7H3,(H,86,97)(H,89,101)(H2,87,90,91,92,100,102)/t69-,73+,74-/m0/s1. The lowest BCUT2D eigenvalue weighted by molar-refractivity contribution is -0.150. The number of Topliss-reactive ketones (excluding diaryl/α,β-unsaturated/α-hetero) is 1. The molecule has 1 fully saturated rings. The van der Waals surface area contributed by atoms with Crippen LogP contribution in [-0.2, 0) is 117 Å². The lowest BCUT2D eigenvalue weighted by Crippen LogP contribution is -2.42. The summed E-state index contributed by atoms with van der Waals surface area (Å²) in [7, 11) is 4.40. The molecule has 6 aromatic rings. The summed E-state index contributed by atoms with van der Waals surface area (Å²) in [4.78, 5) is 134. The molecule has 0 spiro atoms. The number of fused-ring (bicyclic) bond motifs is 1. The maximum Gasteiger partial charge on any atom is 0.328 e. The van der Waals surface area contributed by atoms with Crippen LogP contribution in [0.15, 0.2) is 114 Å². The van der Waals surface area contributed by atoms with Gasteiger partial charge in [-0.05, 0) is 71.6 Å². The van der Waals surface area contributed by atoms with Gasteiger partial charge in [0.05, 0.1) is 230 Å². The average Bonchev–Trinajstić information content (AvgIpc) is 0.945. The molecule has 0 bridgehead atoms. The van der Waals surface area contributed by atoms with Gasteiger partial charge in [-0.25, -0.2) is 14.8 Å². The van der Waals surface area contributed by atoms with Crippen molar-refractivity contribution in [3.05, 3.63) is 148 Å². The summed E-state index contributed by atoms with van der Waals surface area (Å²) in [6.07, 6.45) is 1.42. The fourth-order valence-electron chi connectivity index (χ4n) is 12.2. The largest absolute Gasteiger partial charge is 0.497 e. The number of carbonyl (C=O) groups excluding carboxylic acids is 8. The molecule has 0 saturated carbocycles. The summed E-state index contributed by atoms with van der Waals surface area (Å²) in [6.45, 7) is 15.5. The molecule has 2 aromatic heterocycles. The van der Waals surface area contributed by atoms with Crippen molar-refractivity contribution in [1.29, 1.82) is 0 Å². The third-order valence-corrected chi connectivity index (χ3v) is 18.6. The maximum absolute atomic E-state index is 14.1. The summed E-state index contributed by atoms with van der Waals surface area (Å²) < 4.78 is 96.2. The average molecular weight is 1680 g/mol. The van der Waals surface area contributed by atoms with E-state index >= 15 is 0 Å². The van der Waals surface area contributed by atoms with Crippen LogP contribution in [0.3, 0.4) is 0 Å². The molecular weight excluding hydrogens is 1560 g/mol. The first-order chi connectivity index (χ1) is 58.3. The summed E-state index contributed by atoms with van der Waals surface area (Å²) in [5.41, 5.74) is 1.48. The number of aromatic amines is 1. The van der Waals surface area contributed by atoms with Gasteiger partial charge < -0.3 is 101 Å². The lowest BCUT2D eigenvalue weighted by atomic mass is 9.80. The van der Waals surface area contributed by atoms with Gasteiger partial charge in [-0.2, -0.15) is 4.98 Å². The summed E-state index contributed by atoms with van der Waals surface area (Å²) in [6, 6.07) is 29.6. The Morgan fingerprint density at radius 1 is 0.575 bits per heavy atom. The van der Waals surface area contributed by atoms with Gasteiger partial charge >= 0.3 is 11.9 Å². The number of esters is 2. The van der Waals surface area contributed by atoms with Gasteiger partial charge in [0.2, 0.25) is 29.6 Å². The number of benzene rings is 4. The van der Waals surface area contributed by atoms with Crippen molar-refractivity contribution < 1.29 is 119 Å². The van der Waals surface area contributed by atoms with Crippen molar-refractivity contribution in [1.82, 2.24) is 35.5 Å². The van der Waals surface area contributed by atoms with E-state index in [0.717, 1.165) is 16.7 Å². The fourth-order valence-corrected chi connectivity index (χ4v) is 12.2. The van der Waals surface area contributed by atoms with Crippen LogP contribution < -0.4 is 35.9 Å². The minimum atomic E-state index is -1.14. The SMILES string of the molecule is CCC(=O)CCC(=O)O[C@@H]1C[C@@H](COC(c2ccccc2)(c2ccc(OC)cc2)c2ccc(OC)cc2)N(C(=O)CCOCCOCCOCCOCCOCCOCCOCCOCCOCCOCCOCCOCCNC(=O)CC[C@H](NC(=O)c2ccc(N(Cc3cnc4nc(NC(=O)C(C)C)[nH]c(=O)c4n3)C(C)=O)cc2)C(=O)OC)C1. The van der Waals surface area contributed by atoms with Crippen molar-refractivity contribution in [2.24, 2.45) is 5.92 Å². The summed E-state index contributed by atoms with van der Waals surface area (Å²) in [5.74, 6) is -2.19. The second-order valence-electron chi connectivity index (χ2n) is 27.5. The number of aromatic nitrogens is 4.